The molecule has 0 saturated heterocycles. The number of furan rings is 1. The van der Waals surface area contributed by atoms with Crippen molar-refractivity contribution in [1.82, 2.24) is 9.78 Å². The fourth-order valence-corrected chi connectivity index (χ4v) is 2.03. The molecular weight excluding hydrogens is 304 g/mol. The topological polar surface area (TPSA) is 74.3 Å². The maximum atomic E-state index is 12.0. The Bertz CT molecular complexity index is 659. The number of hydrogen-bond donors (Lipinski definition) is 0. The maximum absolute atomic E-state index is 12.0. The second kappa shape index (κ2) is 4.93. The summed E-state index contributed by atoms with van der Waals surface area (Å²) in [5, 5.41) is 4.41. The summed E-state index contributed by atoms with van der Waals surface area (Å²) in [4.78, 5) is 23.4. The molecule has 0 atom stereocenters. The highest BCUT2D eigenvalue weighted by atomic mass is 79.9. The van der Waals surface area contributed by atoms with Crippen molar-refractivity contribution in [2.75, 3.05) is 6.61 Å². The van der Waals surface area contributed by atoms with Gasteiger partial charge < -0.3 is 9.15 Å². The minimum atomic E-state index is -0.492. The van der Waals surface area contributed by atoms with E-state index in [0.717, 1.165) is 4.68 Å². The van der Waals surface area contributed by atoms with Crippen LogP contribution in [0, 0.1) is 6.92 Å². The van der Waals surface area contributed by atoms with Gasteiger partial charge in [-0.2, -0.15) is 5.10 Å². The molecule has 0 aliphatic heterocycles. The van der Waals surface area contributed by atoms with Crippen LogP contribution in [0.25, 0.3) is 11.0 Å². The van der Waals surface area contributed by atoms with Gasteiger partial charge in [0.05, 0.1) is 12.0 Å². The molecule has 96 valence electrons. The summed E-state index contributed by atoms with van der Waals surface area (Å²) in [5.74, 6) is -0.492. The average molecular weight is 315 g/mol. The molecule has 2 aromatic rings. The first-order valence-electron chi connectivity index (χ1n) is 5.35. The third-order valence-electron chi connectivity index (χ3n) is 2.35. The Labute approximate surface area is 111 Å². The maximum Gasteiger partial charge on any atom is 0.327 e. The second-order valence-electron chi connectivity index (χ2n) is 3.65. The first-order valence-corrected chi connectivity index (χ1v) is 6.14. The van der Waals surface area contributed by atoms with Crippen molar-refractivity contribution in [3.63, 3.8) is 0 Å². The predicted molar refractivity (Wildman–Crippen MR) is 67.3 cm³/mol. The van der Waals surface area contributed by atoms with Crippen LogP contribution >= 0.6 is 15.9 Å². The molecule has 0 fully saturated rings. The lowest BCUT2D eigenvalue weighted by atomic mass is 10.3. The number of hydrogen-bond acceptors (Lipinski definition) is 5. The van der Waals surface area contributed by atoms with Gasteiger partial charge in [0.15, 0.2) is 10.3 Å². The normalized spacial score (nSPS) is 10.8. The highest BCUT2D eigenvalue weighted by Crippen LogP contribution is 2.22. The minimum absolute atomic E-state index is 0.202. The Kier molecular flexibility index (Phi) is 3.51. The number of halogens is 1. The van der Waals surface area contributed by atoms with E-state index >= 15 is 0 Å². The largest absolute Gasteiger partial charge is 0.465 e. The lowest BCUT2D eigenvalue weighted by molar-refractivity contribution is -0.144. The molecule has 0 aliphatic rings. The van der Waals surface area contributed by atoms with Gasteiger partial charge in [-0.15, -0.1) is 0 Å². The van der Waals surface area contributed by atoms with E-state index in [2.05, 4.69) is 21.0 Å². The fraction of sp³-hybridized carbons (Fsp3) is 0.364. The van der Waals surface area contributed by atoms with E-state index in [0.29, 0.717) is 21.3 Å². The molecule has 0 N–H and O–H groups in total. The molecule has 18 heavy (non-hydrogen) atoms. The summed E-state index contributed by atoms with van der Waals surface area (Å²) in [7, 11) is 0. The summed E-state index contributed by atoms with van der Waals surface area (Å²) in [6.45, 7) is 3.48. The van der Waals surface area contributed by atoms with Crippen LogP contribution in [0.2, 0.25) is 0 Å². The lowest BCUT2D eigenvalue weighted by Gasteiger charge is -2.05. The van der Waals surface area contributed by atoms with Crippen LogP contribution < -0.4 is 5.56 Å². The summed E-state index contributed by atoms with van der Waals surface area (Å²) < 4.78 is 11.6. The van der Waals surface area contributed by atoms with Crippen LogP contribution in [0.15, 0.2) is 19.9 Å². The minimum Gasteiger partial charge on any atom is -0.465 e. The number of nitrogens with zero attached hydrogens (tertiary/aromatic N) is 2. The lowest BCUT2D eigenvalue weighted by Crippen LogP contribution is -2.28. The Balaban J connectivity index is 2.49. The molecule has 6 nitrogen and oxygen atoms in total. The van der Waals surface area contributed by atoms with Crippen molar-refractivity contribution < 1.29 is 13.9 Å². The van der Waals surface area contributed by atoms with Crippen molar-refractivity contribution in [3.05, 3.63) is 26.8 Å². The van der Waals surface area contributed by atoms with Gasteiger partial charge in [-0.25, -0.2) is 4.68 Å². The molecule has 0 radical (unpaired) electrons. The zero-order chi connectivity index (χ0) is 13.3. The number of ether oxygens (including phenoxy) is 1. The fourth-order valence-electron chi connectivity index (χ4n) is 1.64. The summed E-state index contributed by atoms with van der Waals surface area (Å²) >= 11 is 3.16. The first-order chi connectivity index (χ1) is 8.52. The SMILES string of the molecule is CCOC(=O)Cn1nc(C)c2oc(Br)cc2c1=O. The highest BCUT2D eigenvalue weighted by molar-refractivity contribution is 9.10. The van der Waals surface area contributed by atoms with Crippen LogP contribution in [-0.4, -0.2) is 22.4 Å². The third kappa shape index (κ3) is 2.31. The van der Waals surface area contributed by atoms with Gasteiger partial charge in [0, 0.05) is 6.07 Å². The molecule has 2 rings (SSSR count). The molecule has 0 unspecified atom stereocenters. The van der Waals surface area contributed by atoms with Crippen molar-refractivity contribution >= 4 is 32.9 Å². The van der Waals surface area contributed by atoms with E-state index in [4.69, 9.17) is 9.15 Å². The van der Waals surface area contributed by atoms with Crippen molar-refractivity contribution in [2.45, 2.75) is 20.4 Å². The van der Waals surface area contributed by atoms with E-state index in [1.54, 1.807) is 19.9 Å². The van der Waals surface area contributed by atoms with Gasteiger partial charge in [-0.05, 0) is 29.8 Å². The van der Waals surface area contributed by atoms with E-state index in [1.165, 1.54) is 0 Å². The molecule has 2 aromatic heterocycles. The predicted octanol–water partition coefficient (Wildman–Crippen LogP) is 1.62. The van der Waals surface area contributed by atoms with E-state index in [1.807, 2.05) is 0 Å². The van der Waals surface area contributed by atoms with Crippen LogP contribution in [0.3, 0.4) is 0 Å². The molecule has 7 heteroatoms. The average Bonchev–Trinajstić information content (AvgIpc) is 2.69. The zero-order valence-electron chi connectivity index (χ0n) is 9.90. The van der Waals surface area contributed by atoms with E-state index in [-0.39, 0.29) is 18.7 Å². The number of carbonyl (C=O) groups excluding carboxylic acids is 1. The highest BCUT2D eigenvalue weighted by Gasteiger charge is 2.14. The summed E-state index contributed by atoms with van der Waals surface area (Å²) in [5.41, 5.74) is 0.588. The van der Waals surface area contributed by atoms with Crippen LogP contribution in [0.5, 0.6) is 0 Å². The van der Waals surface area contributed by atoms with Gasteiger partial charge in [0.25, 0.3) is 5.56 Å². The van der Waals surface area contributed by atoms with Gasteiger partial charge in [-0.3, -0.25) is 9.59 Å². The number of esters is 1. The standard InChI is InChI=1S/C11H11BrN2O4/c1-3-17-9(15)5-14-11(16)7-4-8(12)18-10(7)6(2)13-14/h4H,3,5H2,1-2H3. The molecule has 0 aromatic carbocycles. The Morgan fingerprint density at radius 1 is 1.61 bits per heavy atom. The van der Waals surface area contributed by atoms with E-state index < -0.39 is 5.97 Å². The number of carbonyl (C=O) groups is 1. The number of aromatic nitrogens is 2. The first kappa shape index (κ1) is 12.8. The molecule has 0 bridgehead atoms. The molecule has 0 saturated carbocycles. The molecular formula is C11H11BrN2O4. The Hall–Kier alpha value is -1.63. The molecule has 0 aliphatic carbocycles. The van der Waals surface area contributed by atoms with Gasteiger partial charge in [0.2, 0.25) is 0 Å². The molecule has 2 heterocycles. The van der Waals surface area contributed by atoms with Crippen LogP contribution in [0.1, 0.15) is 12.6 Å². The number of fused-ring (bicyclic) bond motifs is 1. The monoisotopic (exact) mass is 314 g/mol. The summed E-state index contributed by atoms with van der Waals surface area (Å²) in [6.07, 6.45) is 0. The number of rotatable bonds is 3. The van der Waals surface area contributed by atoms with Gasteiger partial charge in [-0.1, -0.05) is 0 Å². The zero-order valence-corrected chi connectivity index (χ0v) is 11.5. The van der Waals surface area contributed by atoms with Gasteiger partial charge >= 0.3 is 5.97 Å². The third-order valence-corrected chi connectivity index (χ3v) is 2.74. The van der Waals surface area contributed by atoms with Crippen LogP contribution in [-0.2, 0) is 16.1 Å². The van der Waals surface area contributed by atoms with Crippen molar-refractivity contribution in [3.8, 4) is 0 Å². The second-order valence-corrected chi connectivity index (χ2v) is 4.43. The molecule has 0 spiro atoms. The quantitative estimate of drug-likeness (QED) is 0.805. The van der Waals surface area contributed by atoms with E-state index in [9.17, 15) is 9.59 Å². The smallest absolute Gasteiger partial charge is 0.327 e. The molecule has 0 amide bonds. The Morgan fingerprint density at radius 3 is 3.00 bits per heavy atom. The van der Waals surface area contributed by atoms with Crippen molar-refractivity contribution in [1.29, 1.82) is 0 Å². The van der Waals surface area contributed by atoms with Gasteiger partial charge in [0.1, 0.15) is 12.2 Å². The number of aryl methyl sites for hydroxylation is 1. The summed E-state index contributed by atoms with van der Waals surface area (Å²) in [6, 6.07) is 1.56. The Morgan fingerprint density at radius 2 is 2.33 bits per heavy atom. The van der Waals surface area contributed by atoms with Crippen LogP contribution in [0.4, 0.5) is 0 Å². The van der Waals surface area contributed by atoms with Crippen molar-refractivity contribution in [2.24, 2.45) is 0 Å².